The van der Waals surface area contributed by atoms with Gasteiger partial charge in [-0.3, -0.25) is 4.79 Å². The summed E-state index contributed by atoms with van der Waals surface area (Å²) in [6.45, 7) is 1.92. The summed E-state index contributed by atoms with van der Waals surface area (Å²) in [6.07, 6.45) is 1.07. The molecule has 86 valence electrons. The van der Waals surface area contributed by atoms with Gasteiger partial charge in [-0.1, -0.05) is 23.8 Å². The second-order valence-electron chi connectivity index (χ2n) is 3.65. The standard InChI is InChI=1S/C12H10N2O3/c1-7-3-2-4-8(5-7)10-13-6-9(12(16)17)11(15)14-10/h2-6H,1H3,(H,16,17)(H,13,14,15). The maximum Gasteiger partial charge on any atom is 0.342 e. The Bertz CT molecular complexity index is 632. The van der Waals surface area contributed by atoms with Crippen molar-refractivity contribution in [3.8, 4) is 11.4 Å². The summed E-state index contributed by atoms with van der Waals surface area (Å²) >= 11 is 0. The number of hydrogen-bond donors (Lipinski definition) is 2. The number of carboxylic acids is 1. The Balaban J connectivity index is 2.52. The number of carbonyl (C=O) groups is 1. The molecule has 5 heteroatoms. The van der Waals surface area contributed by atoms with Gasteiger partial charge in [-0.05, 0) is 13.0 Å². The van der Waals surface area contributed by atoms with Crippen molar-refractivity contribution in [3.05, 3.63) is 51.9 Å². The molecule has 0 aliphatic carbocycles. The number of aryl methyl sites for hydroxylation is 1. The average molecular weight is 230 g/mol. The van der Waals surface area contributed by atoms with Crippen molar-refractivity contribution in [2.45, 2.75) is 6.92 Å². The van der Waals surface area contributed by atoms with Crippen LogP contribution >= 0.6 is 0 Å². The Morgan fingerprint density at radius 1 is 1.41 bits per heavy atom. The van der Waals surface area contributed by atoms with Crippen LogP contribution in [0, 0.1) is 6.92 Å². The van der Waals surface area contributed by atoms with Crippen molar-refractivity contribution in [2.75, 3.05) is 0 Å². The largest absolute Gasteiger partial charge is 0.477 e. The van der Waals surface area contributed by atoms with Gasteiger partial charge in [0, 0.05) is 11.8 Å². The highest BCUT2D eigenvalue weighted by molar-refractivity contribution is 5.86. The topological polar surface area (TPSA) is 83.0 Å². The normalized spacial score (nSPS) is 10.2. The number of nitrogens with zero attached hydrogens (tertiary/aromatic N) is 1. The summed E-state index contributed by atoms with van der Waals surface area (Å²) in [5.41, 5.74) is 0.775. The third-order valence-electron chi connectivity index (χ3n) is 2.32. The molecule has 1 heterocycles. The highest BCUT2D eigenvalue weighted by atomic mass is 16.4. The van der Waals surface area contributed by atoms with Gasteiger partial charge < -0.3 is 10.1 Å². The molecule has 0 fully saturated rings. The van der Waals surface area contributed by atoms with E-state index in [2.05, 4.69) is 9.97 Å². The van der Waals surface area contributed by atoms with Crippen LogP contribution in [0.2, 0.25) is 0 Å². The molecule has 0 bridgehead atoms. The van der Waals surface area contributed by atoms with Crippen molar-refractivity contribution in [3.63, 3.8) is 0 Å². The molecule has 0 saturated carbocycles. The lowest BCUT2D eigenvalue weighted by Gasteiger charge is -2.02. The van der Waals surface area contributed by atoms with E-state index < -0.39 is 11.5 Å². The molecule has 0 spiro atoms. The first-order chi connectivity index (χ1) is 8.08. The first-order valence-corrected chi connectivity index (χ1v) is 4.97. The highest BCUT2D eigenvalue weighted by Crippen LogP contribution is 2.14. The molecule has 1 aromatic carbocycles. The molecule has 1 aromatic heterocycles. The van der Waals surface area contributed by atoms with E-state index in [-0.39, 0.29) is 5.56 Å². The van der Waals surface area contributed by atoms with E-state index >= 15 is 0 Å². The number of aromatic nitrogens is 2. The lowest BCUT2D eigenvalue weighted by molar-refractivity contribution is 0.0694. The summed E-state index contributed by atoms with van der Waals surface area (Å²) in [6, 6.07) is 7.42. The average Bonchev–Trinajstić information content (AvgIpc) is 2.28. The fourth-order valence-corrected chi connectivity index (χ4v) is 1.49. The second kappa shape index (κ2) is 4.21. The minimum Gasteiger partial charge on any atom is -0.477 e. The predicted octanol–water partition coefficient (Wildman–Crippen LogP) is 1.44. The monoisotopic (exact) mass is 230 g/mol. The first kappa shape index (κ1) is 11.1. The van der Waals surface area contributed by atoms with Gasteiger partial charge in [0.15, 0.2) is 0 Å². The fourth-order valence-electron chi connectivity index (χ4n) is 1.49. The Kier molecular flexibility index (Phi) is 2.74. The molecule has 0 saturated heterocycles. The summed E-state index contributed by atoms with van der Waals surface area (Å²) < 4.78 is 0. The van der Waals surface area contributed by atoms with E-state index in [4.69, 9.17) is 5.11 Å². The zero-order chi connectivity index (χ0) is 12.4. The molecular weight excluding hydrogens is 220 g/mol. The number of benzene rings is 1. The van der Waals surface area contributed by atoms with Crippen molar-refractivity contribution in [1.29, 1.82) is 0 Å². The SMILES string of the molecule is Cc1cccc(-c2ncc(C(=O)O)c(=O)[nH]2)c1. The van der Waals surface area contributed by atoms with Crippen LogP contribution < -0.4 is 5.56 Å². The molecule has 0 amide bonds. The quantitative estimate of drug-likeness (QED) is 0.817. The predicted molar refractivity (Wildman–Crippen MR) is 62.0 cm³/mol. The number of nitrogens with one attached hydrogen (secondary N) is 1. The molecule has 2 N–H and O–H groups in total. The van der Waals surface area contributed by atoms with Crippen molar-refractivity contribution >= 4 is 5.97 Å². The molecule has 17 heavy (non-hydrogen) atoms. The van der Waals surface area contributed by atoms with Gasteiger partial charge in [0.05, 0.1) is 0 Å². The van der Waals surface area contributed by atoms with E-state index in [0.29, 0.717) is 5.82 Å². The summed E-state index contributed by atoms with van der Waals surface area (Å²) in [5, 5.41) is 8.71. The number of aromatic amines is 1. The maximum absolute atomic E-state index is 11.5. The lowest BCUT2D eigenvalue weighted by atomic mass is 10.1. The number of H-pyrrole nitrogens is 1. The van der Waals surface area contributed by atoms with Crippen molar-refractivity contribution < 1.29 is 9.90 Å². The Morgan fingerprint density at radius 3 is 2.76 bits per heavy atom. The first-order valence-electron chi connectivity index (χ1n) is 4.97. The minimum atomic E-state index is -1.28. The van der Waals surface area contributed by atoms with Crippen LogP contribution in [-0.4, -0.2) is 21.0 Å². The summed E-state index contributed by atoms with van der Waals surface area (Å²) in [7, 11) is 0. The number of rotatable bonds is 2. The Hall–Kier alpha value is -2.43. The van der Waals surface area contributed by atoms with E-state index in [1.54, 1.807) is 6.07 Å². The van der Waals surface area contributed by atoms with Gasteiger partial charge in [0.2, 0.25) is 0 Å². The van der Waals surface area contributed by atoms with Gasteiger partial charge in [0.1, 0.15) is 11.4 Å². The van der Waals surface area contributed by atoms with E-state index in [1.165, 1.54) is 0 Å². The smallest absolute Gasteiger partial charge is 0.342 e. The van der Waals surface area contributed by atoms with Crippen molar-refractivity contribution in [1.82, 2.24) is 9.97 Å². The Morgan fingerprint density at radius 2 is 2.18 bits per heavy atom. The molecule has 2 aromatic rings. The van der Waals surface area contributed by atoms with Gasteiger partial charge in [-0.2, -0.15) is 0 Å². The van der Waals surface area contributed by atoms with E-state index in [9.17, 15) is 9.59 Å². The van der Waals surface area contributed by atoms with Crippen LogP contribution in [0.1, 0.15) is 15.9 Å². The van der Waals surface area contributed by atoms with Gasteiger partial charge in [0.25, 0.3) is 5.56 Å². The second-order valence-corrected chi connectivity index (χ2v) is 3.65. The molecule has 2 rings (SSSR count). The molecule has 0 unspecified atom stereocenters. The van der Waals surface area contributed by atoms with E-state index in [1.807, 2.05) is 25.1 Å². The third kappa shape index (κ3) is 2.23. The minimum absolute atomic E-state index is 0.360. The van der Waals surface area contributed by atoms with Gasteiger partial charge in [-0.15, -0.1) is 0 Å². The molecule has 0 radical (unpaired) electrons. The zero-order valence-electron chi connectivity index (χ0n) is 9.10. The molecule has 0 aliphatic heterocycles. The molecule has 0 aliphatic rings. The maximum atomic E-state index is 11.5. The van der Waals surface area contributed by atoms with Gasteiger partial charge >= 0.3 is 5.97 Å². The number of aromatic carboxylic acids is 1. The number of hydrogen-bond acceptors (Lipinski definition) is 3. The molecule has 5 nitrogen and oxygen atoms in total. The van der Waals surface area contributed by atoms with Crippen LogP contribution in [-0.2, 0) is 0 Å². The van der Waals surface area contributed by atoms with Crippen molar-refractivity contribution in [2.24, 2.45) is 0 Å². The Labute approximate surface area is 96.8 Å². The lowest BCUT2D eigenvalue weighted by Crippen LogP contribution is -2.18. The molecule has 0 atom stereocenters. The van der Waals surface area contributed by atoms with Crippen LogP contribution in [0.25, 0.3) is 11.4 Å². The summed E-state index contributed by atoms with van der Waals surface area (Å²) in [4.78, 5) is 28.5. The van der Waals surface area contributed by atoms with Crippen LogP contribution in [0.3, 0.4) is 0 Å². The number of carboxylic acid groups (broad SMARTS) is 1. The van der Waals surface area contributed by atoms with Crippen LogP contribution in [0.4, 0.5) is 0 Å². The third-order valence-corrected chi connectivity index (χ3v) is 2.32. The fraction of sp³-hybridized carbons (Fsp3) is 0.0833. The van der Waals surface area contributed by atoms with E-state index in [0.717, 1.165) is 17.3 Å². The molecular formula is C12H10N2O3. The summed E-state index contributed by atoms with van der Waals surface area (Å²) in [5.74, 6) is -0.918. The zero-order valence-corrected chi connectivity index (χ0v) is 9.10. The van der Waals surface area contributed by atoms with Gasteiger partial charge in [-0.25, -0.2) is 9.78 Å². The van der Waals surface area contributed by atoms with Crippen LogP contribution in [0.15, 0.2) is 35.3 Å². The van der Waals surface area contributed by atoms with Crippen LogP contribution in [0.5, 0.6) is 0 Å². The highest BCUT2D eigenvalue weighted by Gasteiger charge is 2.10.